The van der Waals surface area contributed by atoms with Crippen molar-refractivity contribution in [2.45, 2.75) is 0 Å². The predicted molar refractivity (Wildman–Crippen MR) is 47.8 cm³/mol. The number of carboxylic acids is 1. The Morgan fingerprint density at radius 3 is 2.15 bits per heavy atom. The molecule has 3 nitrogen and oxygen atoms in total. The number of carbonyl (C=O) groups is 1. The standard InChI is InChI=1S/C10H7NO2/c12-10(13)9-5-7-1-3-11-4-2-8(7)6-9/h1-6H,(H,12,13). The molecule has 0 fully saturated rings. The molecule has 0 aromatic rings. The largest absolute Gasteiger partial charge is 0.478 e. The van der Waals surface area contributed by atoms with Crippen molar-refractivity contribution in [1.29, 1.82) is 0 Å². The zero-order chi connectivity index (χ0) is 9.26. The fourth-order valence-corrected chi connectivity index (χ4v) is 1.25. The molecule has 1 aliphatic heterocycles. The number of aromatic nitrogens is 1. The third-order valence-electron chi connectivity index (χ3n) is 1.88. The molecule has 0 bridgehead atoms. The summed E-state index contributed by atoms with van der Waals surface area (Å²) in [6.45, 7) is 0. The number of hydrogen-bond acceptors (Lipinski definition) is 2. The normalized spacial score (nSPS) is 10.2. The Morgan fingerprint density at radius 1 is 1.15 bits per heavy atom. The van der Waals surface area contributed by atoms with Crippen LogP contribution in [-0.2, 0) is 0 Å². The van der Waals surface area contributed by atoms with E-state index in [9.17, 15) is 4.79 Å². The second kappa shape index (κ2) is 2.86. The van der Waals surface area contributed by atoms with Crippen LogP contribution in [-0.4, -0.2) is 16.1 Å². The number of carboxylic acid groups (broad SMARTS) is 1. The molecule has 2 aliphatic rings. The van der Waals surface area contributed by atoms with Gasteiger partial charge in [0.2, 0.25) is 0 Å². The third kappa shape index (κ3) is 1.36. The summed E-state index contributed by atoms with van der Waals surface area (Å²) >= 11 is 0. The van der Waals surface area contributed by atoms with E-state index < -0.39 is 5.97 Å². The molecule has 3 heteroatoms. The zero-order valence-corrected chi connectivity index (χ0v) is 6.77. The van der Waals surface area contributed by atoms with Crippen LogP contribution in [0.15, 0.2) is 36.7 Å². The number of aromatic carboxylic acids is 1. The maximum Gasteiger partial charge on any atom is 0.335 e. The predicted octanol–water partition coefficient (Wildman–Crippen LogP) is 1.88. The average molecular weight is 173 g/mol. The molecule has 0 aromatic heterocycles. The Balaban J connectivity index is 2.64. The lowest BCUT2D eigenvalue weighted by Crippen LogP contribution is -1.91. The molecule has 1 aliphatic carbocycles. The van der Waals surface area contributed by atoms with Crippen LogP contribution in [0.3, 0.4) is 0 Å². The van der Waals surface area contributed by atoms with Crippen molar-refractivity contribution in [3.05, 3.63) is 42.2 Å². The molecule has 2 rings (SSSR count). The first kappa shape index (κ1) is 7.73. The van der Waals surface area contributed by atoms with Crippen molar-refractivity contribution in [3.8, 4) is 11.1 Å². The fourth-order valence-electron chi connectivity index (χ4n) is 1.25. The molecule has 0 saturated heterocycles. The van der Waals surface area contributed by atoms with Gasteiger partial charge in [0.15, 0.2) is 0 Å². The second-order valence-electron chi connectivity index (χ2n) is 2.74. The maximum absolute atomic E-state index is 10.6. The molecule has 0 unspecified atom stereocenters. The molecule has 1 N–H and O–H groups in total. The Kier molecular flexibility index (Phi) is 1.70. The number of fused-ring (bicyclic) bond motifs is 1. The topological polar surface area (TPSA) is 50.2 Å². The van der Waals surface area contributed by atoms with Crippen LogP contribution in [0.4, 0.5) is 0 Å². The van der Waals surface area contributed by atoms with Crippen molar-refractivity contribution in [2.75, 3.05) is 0 Å². The van der Waals surface area contributed by atoms with Gasteiger partial charge < -0.3 is 5.11 Å². The first-order chi connectivity index (χ1) is 6.27. The van der Waals surface area contributed by atoms with Gasteiger partial charge in [-0.25, -0.2) is 4.79 Å². The molecule has 64 valence electrons. The van der Waals surface area contributed by atoms with Crippen LogP contribution >= 0.6 is 0 Å². The first-order valence-electron chi connectivity index (χ1n) is 3.84. The summed E-state index contributed by atoms with van der Waals surface area (Å²) in [4.78, 5) is 14.6. The molecule has 0 amide bonds. The van der Waals surface area contributed by atoms with E-state index in [1.807, 2.05) is 0 Å². The van der Waals surface area contributed by atoms with E-state index in [1.165, 1.54) is 0 Å². The SMILES string of the molecule is O=C(O)c1cc2ccnccc-2c1. The van der Waals surface area contributed by atoms with E-state index in [-0.39, 0.29) is 0 Å². The van der Waals surface area contributed by atoms with Gasteiger partial charge in [-0.1, -0.05) is 0 Å². The third-order valence-corrected chi connectivity index (χ3v) is 1.88. The highest BCUT2D eigenvalue weighted by Gasteiger charge is 2.09. The molecule has 13 heavy (non-hydrogen) atoms. The highest BCUT2D eigenvalue weighted by Crippen LogP contribution is 2.23. The van der Waals surface area contributed by atoms with Gasteiger partial charge in [-0.05, 0) is 35.4 Å². The summed E-state index contributed by atoms with van der Waals surface area (Å²) in [6.07, 6.45) is 3.29. The molecular formula is C10H7NO2. The van der Waals surface area contributed by atoms with Crippen molar-refractivity contribution in [2.24, 2.45) is 0 Å². The van der Waals surface area contributed by atoms with Gasteiger partial charge in [0.1, 0.15) is 0 Å². The number of rotatable bonds is 1. The van der Waals surface area contributed by atoms with Crippen LogP contribution < -0.4 is 0 Å². The van der Waals surface area contributed by atoms with E-state index in [4.69, 9.17) is 5.11 Å². The minimum Gasteiger partial charge on any atom is -0.478 e. The van der Waals surface area contributed by atoms with Crippen molar-refractivity contribution >= 4 is 5.97 Å². The lowest BCUT2D eigenvalue weighted by Gasteiger charge is -1.84. The van der Waals surface area contributed by atoms with Gasteiger partial charge in [-0.15, -0.1) is 0 Å². The summed E-state index contributed by atoms with van der Waals surface area (Å²) in [6, 6.07) is 6.86. The molecule has 0 aromatic carbocycles. The fraction of sp³-hybridized carbons (Fsp3) is 0. The molecule has 0 spiro atoms. The van der Waals surface area contributed by atoms with E-state index in [0.29, 0.717) is 5.56 Å². The van der Waals surface area contributed by atoms with E-state index in [1.54, 1.807) is 36.7 Å². The molecule has 0 atom stereocenters. The monoisotopic (exact) mass is 173 g/mol. The lowest BCUT2D eigenvalue weighted by molar-refractivity contribution is 0.0697. The maximum atomic E-state index is 10.6. The van der Waals surface area contributed by atoms with Crippen LogP contribution in [0, 0.1) is 0 Å². The summed E-state index contributed by atoms with van der Waals surface area (Å²) in [5.41, 5.74) is 2.12. The average Bonchev–Trinajstić information content (AvgIpc) is 2.38. The quantitative estimate of drug-likeness (QED) is 0.716. The first-order valence-corrected chi connectivity index (χ1v) is 3.84. The van der Waals surface area contributed by atoms with Crippen LogP contribution in [0.5, 0.6) is 0 Å². The number of hydrogen-bond donors (Lipinski definition) is 1. The van der Waals surface area contributed by atoms with Gasteiger partial charge in [0.05, 0.1) is 5.56 Å². The summed E-state index contributed by atoms with van der Waals surface area (Å²) in [7, 11) is 0. The zero-order valence-electron chi connectivity index (χ0n) is 6.77. The minimum atomic E-state index is -0.896. The Hall–Kier alpha value is -1.90. The van der Waals surface area contributed by atoms with Crippen molar-refractivity contribution < 1.29 is 9.90 Å². The van der Waals surface area contributed by atoms with Gasteiger partial charge in [-0.2, -0.15) is 0 Å². The Bertz CT molecular complexity index is 395. The summed E-state index contributed by atoms with van der Waals surface area (Å²) < 4.78 is 0. The Labute approximate surface area is 75.0 Å². The highest BCUT2D eigenvalue weighted by atomic mass is 16.4. The van der Waals surface area contributed by atoms with Crippen LogP contribution in [0.2, 0.25) is 0 Å². The van der Waals surface area contributed by atoms with Crippen LogP contribution in [0.25, 0.3) is 11.1 Å². The summed E-state index contributed by atoms with van der Waals surface area (Å²) in [5, 5.41) is 8.73. The van der Waals surface area contributed by atoms with Crippen molar-refractivity contribution in [3.63, 3.8) is 0 Å². The van der Waals surface area contributed by atoms with Gasteiger partial charge in [-0.3, -0.25) is 4.98 Å². The highest BCUT2D eigenvalue weighted by molar-refractivity contribution is 5.92. The molecule has 0 saturated carbocycles. The molecular weight excluding hydrogens is 166 g/mol. The van der Waals surface area contributed by atoms with Crippen LogP contribution in [0.1, 0.15) is 10.4 Å². The van der Waals surface area contributed by atoms with Gasteiger partial charge in [0.25, 0.3) is 0 Å². The number of nitrogens with zero attached hydrogens (tertiary/aromatic N) is 1. The van der Waals surface area contributed by atoms with E-state index in [0.717, 1.165) is 11.1 Å². The van der Waals surface area contributed by atoms with Gasteiger partial charge >= 0.3 is 5.97 Å². The molecule has 1 heterocycles. The molecule has 0 radical (unpaired) electrons. The van der Waals surface area contributed by atoms with E-state index in [2.05, 4.69) is 4.98 Å². The van der Waals surface area contributed by atoms with E-state index >= 15 is 0 Å². The lowest BCUT2D eigenvalue weighted by atomic mass is 10.2. The minimum absolute atomic E-state index is 0.321. The Morgan fingerprint density at radius 2 is 1.69 bits per heavy atom. The van der Waals surface area contributed by atoms with Crippen molar-refractivity contribution in [1.82, 2.24) is 4.98 Å². The smallest absolute Gasteiger partial charge is 0.335 e. The second-order valence-corrected chi connectivity index (χ2v) is 2.74. The van der Waals surface area contributed by atoms with Gasteiger partial charge in [0, 0.05) is 12.4 Å². The summed E-state index contributed by atoms with van der Waals surface area (Å²) in [5.74, 6) is -0.896.